The van der Waals surface area contributed by atoms with Crippen molar-refractivity contribution < 1.29 is 9.18 Å². The van der Waals surface area contributed by atoms with E-state index in [4.69, 9.17) is 9.98 Å². The molecule has 1 N–H and O–H groups in total. The molecule has 1 aliphatic heterocycles. The summed E-state index contributed by atoms with van der Waals surface area (Å²) in [4.78, 5) is 21.9. The second-order valence-electron chi connectivity index (χ2n) is 7.46. The summed E-state index contributed by atoms with van der Waals surface area (Å²) in [5.74, 6) is 0.00221. The van der Waals surface area contributed by atoms with Gasteiger partial charge in [-0.1, -0.05) is 54.6 Å². The number of carbonyl (C=O) groups excluding carboxylic acids is 1. The molecule has 4 rings (SSSR count). The normalized spacial score (nSPS) is 12.9. The number of nitrogens with zero attached hydrogens (tertiary/aromatic N) is 2. The van der Waals surface area contributed by atoms with Crippen LogP contribution in [0.15, 0.2) is 88.8 Å². The first-order valence-corrected chi connectivity index (χ1v) is 11.6. The predicted molar refractivity (Wildman–Crippen MR) is 131 cm³/mol. The van der Waals surface area contributed by atoms with Crippen molar-refractivity contribution in [2.75, 3.05) is 12.3 Å². The number of hydrogen-bond donors (Lipinski definition) is 1. The van der Waals surface area contributed by atoms with Gasteiger partial charge in [0.1, 0.15) is 5.82 Å². The molecule has 0 aromatic heterocycles. The van der Waals surface area contributed by atoms with Crippen LogP contribution in [0, 0.1) is 5.82 Å². The van der Waals surface area contributed by atoms with Crippen molar-refractivity contribution in [2.45, 2.75) is 19.3 Å². The van der Waals surface area contributed by atoms with Gasteiger partial charge < -0.3 is 5.32 Å². The Hall–Kier alpha value is -3.25. The van der Waals surface area contributed by atoms with Crippen molar-refractivity contribution in [2.24, 2.45) is 9.98 Å². The Morgan fingerprint density at radius 2 is 1.59 bits per heavy atom. The van der Waals surface area contributed by atoms with Crippen LogP contribution in [-0.4, -0.2) is 29.0 Å². The molecule has 3 aromatic rings. The fourth-order valence-corrected chi connectivity index (χ4v) is 4.21. The lowest BCUT2D eigenvalue weighted by Crippen LogP contribution is -2.27. The van der Waals surface area contributed by atoms with Gasteiger partial charge in [-0.05, 0) is 48.2 Å². The topological polar surface area (TPSA) is 53.8 Å². The number of halogens is 1. The lowest BCUT2D eigenvalue weighted by Gasteiger charge is -2.08. The Morgan fingerprint density at radius 1 is 0.906 bits per heavy atom. The highest BCUT2D eigenvalue weighted by Crippen LogP contribution is 2.33. The third kappa shape index (κ3) is 6.14. The van der Waals surface area contributed by atoms with Crippen LogP contribution in [0.4, 0.5) is 15.8 Å². The SMILES string of the molecule is O=C(CSC1=Nc2ccccc2N=C(c2ccc(F)cc2)C1)NCCCc1ccccc1. The van der Waals surface area contributed by atoms with Crippen molar-refractivity contribution in [1.29, 1.82) is 0 Å². The van der Waals surface area contributed by atoms with Gasteiger partial charge in [0.2, 0.25) is 5.91 Å². The quantitative estimate of drug-likeness (QED) is 0.463. The van der Waals surface area contributed by atoms with E-state index in [1.54, 1.807) is 12.1 Å². The van der Waals surface area contributed by atoms with Gasteiger partial charge in [-0.15, -0.1) is 11.8 Å². The van der Waals surface area contributed by atoms with E-state index in [0.717, 1.165) is 40.5 Å². The Labute approximate surface area is 191 Å². The van der Waals surface area contributed by atoms with Gasteiger partial charge in [-0.25, -0.2) is 9.38 Å². The van der Waals surface area contributed by atoms with E-state index in [2.05, 4.69) is 17.4 Å². The van der Waals surface area contributed by atoms with Crippen LogP contribution in [0.2, 0.25) is 0 Å². The van der Waals surface area contributed by atoms with Gasteiger partial charge in [0.05, 0.1) is 27.9 Å². The van der Waals surface area contributed by atoms with Crippen LogP contribution in [0.25, 0.3) is 0 Å². The molecular formula is C26H24FN3OS. The summed E-state index contributed by atoms with van der Waals surface area (Å²) >= 11 is 1.42. The van der Waals surface area contributed by atoms with Crippen LogP contribution >= 0.6 is 11.8 Å². The number of para-hydroxylation sites is 2. The smallest absolute Gasteiger partial charge is 0.230 e. The number of rotatable bonds is 7. The predicted octanol–water partition coefficient (Wildman–Crippen LogP) is 5.86. The minimum atomic E-state index is -0.282. The van der Waals surface area contributed by atoms with Gasteiger partial charge in [-0.3, -0.25) is 9.79 Å². The minimum Gasteiger partial charge on any atom is -0.355 e. The molecule has 0 saturated carbocycles. The molecule has 0 aliphatic carbocycles. The fourth-order valence-electron chi connectivity index (χ4n) is 3.41. The van der Waals surface area contributed by atoms with E-state index in [0.29, 0.717) is 18.7 Å². The Bertz CT molecular complexity index is 1130. The van der Waals surface area contributed by atoms with Crippen LogP contribution in [-0.2, 0) is 11.2 Å². The molecule has 1 heterocycles. The first-order chi connectivity index (χ1) is 15.7. The number of carbonyl (C=O) groups is 1. The molecule has 0 radical (unpaired) electrons. The van der Waals surface area contributed by atoms with Crippen molar-refractivity contribution >= 4 is 39.8 Å². The highest BCUT2D eigenvalue weighted by Gasteiger charge is 2.16. The number of benzene rings is 3. The number of aryl methyl sites for hydroxylation is 1. The molecule has 6 heteroatoms. The van der Waals surface area contributed by atoms with E-state index >= 15 is 0 Å². The monoisotopic (exact) mass is 445 g/mol. The van der Waals surface area contributed by atoms with Crippen LogP contribution < -0.4 is 5.32 Å². The molecule has 1 amide bonds. The standard InChI is InChI=1S/C26H24FN3OS/c27-21-14-12-20(13-15-21)24-17-26(30-23-11-5-4-10-22(23)29-24)32-18-25(31)28-16-6-9-19-7-2-1-3-8-19/h1-5,7-8,10-15H,6,9,16-18H2,(H,28,31). The molecule has 0 atom stereocenters. The van der Waals surface area contributed by atoms with E-state index in [1.807, 2.05) is 42.5 Å². The molecule has 162 valence electrons. The van der Waals surface area contributed by atoms with Crippen molar-refractivity contribution in [1.82, 2.24) is 5.32 Å². The van der Waals surface area contributed by atoms with Crippen LogP contribution in [0.3, 0.4) is 0 Å². The first kappa shape index (κ1) is 22.0. The summed E-state index contributed by atoms with van der Waals surface area (Å²) in [5.41, 5.74) is 4.48. The molecule has 4 nitrogen and oxygen atoms in total. The van der Waals surface area contributed by atoms with Gasteiger partial charge in [-0.2, -0.15) is 0 Å². The molecule has 3 aromatic carbocycles. The third-order valence-corrected chi connectivity index (χ3v) is 6.03. The first-order valence-electron chi connectivity index (χ1n) is 10.6. The average Bonchev–Trinajstić information content (AvgIpc) is 3.01. The third-order valence-electron chi connectivity index (χ3n) is 5.06. The Morgan fingerprint density at radius 3 is 2.34 bits per heavy atom. The molecule has 0 saturated heterocycles. The number of nitrogens with one attached hydrogen (secondary N) is 1. The van der Waals surface area contributed by atoms with Crippen LogP contribution in [0.1, 0.15) is 24.0 Å². The Balaban J connectivity index is 1.36. The van der Waals surface area contributed by atoms with Crippen molar-refractivity contribution in [3.8, 4) is 0 Å². The molecule has 1 aliphatic rings. The second kappa shape index (κ2) is 10.9. The van der Waals surface area contributed by atoms with Crippen molar-refractivity contribution in [3.05, 3.63) is 95.8 Å². The summed E-state index contributed by atoms with van der Waals surface area (Å²) in [6, 6.07) is 24.2. The molecule has 0 unspecified atom stereocenters. The van der Waals surface area contributed by atoms with Gasteiger partial charge in [0.15, 0.2) is 0 Å². The second-order valence-corrected chi connectivity index (χ2v) is 8.51. The summed E-state index contributed by atoms with van der Waals surface area (Å²) < 4.78 is 13.4. The van der Waals surface area contributed by atoms with E-state index < -0.39 is 0 Å². The molecule has 0 spiro atoms. The fraction of sp³-hybridized carbons (Fsp3) is 0.192. The van der Waals surface area contributed by atoms with Gasteiger partial charge in [0.25, 0.3) is 0 Å². The van der Waals surface area contributed by atoms with Crippen LogP contribution in [0.5, 0.6) is 0 Å². The number of amides is 1. The zero-order valence-corrected chi connectivity index (χ0v) is 18.4. The molecular weight excluding hydrogens is 421 g/mol. The number of aliphatic imine (C=N–C) groups is 2. The van der Waals surface area contributed by atoms with E-state index in [9.17, 15) is 9.18 Å². The summed E-state index contributed by atoms with van der Waals surface area (Å²) in [5, 5.41) is 3.81. The molecule has 0 fully saturated rings. The number of thioether (sulfide) groups is 1. The highest BCUT2D eigenvalue weighted by molar-refractivity contribution is 8.14. The summed E-state index contributed by atoms with van der Waals surface area (Å²) in [6.07, 6.45) is 2.33. The molecule has 32 heavy (non-hydrogen) atoms. The maximum absolute atomic E-state index is 13.4. The van der Waals surface area contributed by atoms with Crippen molar-refractivity contribution in [3.63, 3.8) is 0 Å². The zero-order valence-electron chi connectivity index (χ0n) is 17.6. The van der Waals surface area contributed by atoms with Gasteiger partial charge in [0, 0.05) is 13.0 Å². The molecule has 0 bridgehead atoms. The highest BCUT2D eigenvalue weighted by atomic mass is 32.2. The summed E-state index contributed by atoms with van der Waals surface area (Å²) in [6.45, 7) is 0.645. The number of fused-ring (bicyclic) bond motifs is 1. The summed E-state index contributed by atoms with van der Waals surface area (Å²) in [7, 11) is 0. The number of hydrogen-bond acceptors (Lipinski definition) is 4. The lowest BCUT2D eigenvalue weighted by atomic mass is 10.1. The minimum absolute atomic E-state index is 0.0106. The average molecular weight is 446 g/mol. The van der Waals surface area contributed by atoms with E-state index in [1.165, 1.54) is 29.5 Å². The zero-order chi connectivity index (χ0) is 22.2. The largest absolute Gasteiger partial charge is 0.355 e. The van der Waals surface area contributed by atoms with E-state index in [-0.39, 0.29) is 11.7 Å². The van der Waals surface area contributed by atoms with Gasteiger partial charge >= 0.3 is 0 Å². The maximum Gasteiger partial charge on any atom is 0.230 e. The lowest BCUT2D eigenvalue weighted by molar-refractivity contribution is -0.118. The Kier molecular flexibility index (Phi) is 7.46. The maximum atomic E-state index is 13.4.